The normalized spacial score (nSPS) is 22.4. The van der Waals surface area contributed by atoms with E-state index in [-0.39, 0.29) is 30.1 Å². The number of hydrogen-bond donors (Lipinski definition) is 0. The number of ether oxygens (including phenoxy) is 1. The predicted octanol–water partition coefficient (Wildman–Crippen LogP) is 3.53. The first kappa shape index (κ1) is 24.7. The Balaban J connectivity index is 1.12. The summed E-state index contributed by atoms with van der Waals surface area (Å²) in [5, 5.41) is 0. The number of anilines is 2. The van der Waals surface area contributed by atoms with E-state index < -0.39 is 0 Å². The number of carbonyl (C=O) groups excluding carboxylic acids is 2. The summed E-state index contributed by atoms with van der Waals surface area (Å²) in [6.07, 6.45) is 3.17. The summed E-state index contributed by atoms with van der Waals surface area (Å²) in [6, 6.07) is 14.1. The first-order valence-corrected chi connectivity index (χ1v) is 13.1. The maximum absolute atomic E-state index is 13.2. The number of benzene rings is 2. The van der Waals surface area contributed by atoms with Crippen LogP contribution in [0.4, 0.5) is 15.8 Å². The van der Waals surface area contributed by atoms with Crippen LogP contribution in [0.5, 0.6) is 5.75 Å². The number of piperidine rings is 1. The highest BCUT2D eigenvalue weighted by Gasteiger charge is 2.44. The van der Waals surface area contributed by atoms with Crippen molar-refractivity contribution < 1.29 is 18.7 Å². The van der Waals surface area contributed by atoms with Crippen LogP contribution in [0.15, 0.2) is 48.5 Å². The molecule has 0 aliphatic carbocycles. The molecule has 3 saturated heterocycles. The van der Waals surface area contributed by atoms with Crippen molar-refractivity contribution in [1.29, 1.82) is 0 Å². The van der Waals surface area contributed by atoms with E-state index in [0.717, 1.165) is 70.0 Å². The van der Waals surface area contributed by atoms with Crippen molar-refractivity contribution in [2.24, 2.45) is 0 Å². The second-order valence-electron chi connectivity index (χ2n) is 9.90. The molecule has 3 fully saturated rings. The van der Waals surface area contributed by atoms with Crippen LogP contribution < -0.4 is 14.5 Å². The molecule has 0 radical (unpaired) electrons. The van der Waals surface area contributed by atoms with Crippen LogP contribution in [-0.2, 0) is 9.59 Å². The largest absolute Gasteiger partial charge is 0.494 e. The quantitative estimate of drug-likeness (QED) is 0.549. The predicted molar refractivity (Wildman–Crippen MR) is 138 cm³/mol. The highest BCUT2D eigenvalue weighted by Crippen LogP contribution is 2.30. The lowest BCUT2D eigenvalue weighted by Gasteiger charge is -2.44. The maximum Gasteiger partial charge on any atom is 0.251 e. The van der Waals surface area contributed by atoms with Crippen LogP contribution in [0.1, 0.15) is 32.6 Å². The zero-order valence-corrected chi connectivity index (χ0v) is 20.9. The van der Waals surface area contributed by atoms with Gasteiger partial charge >= 0.3 is 0 Å². The van der Waals surface area contributed by atoms with Crippen molar-refractivity contribution in [3.05, 3.63) is 54.3 Å². The van der Waals surface area contributed by atoms with Gasteiger partial charge in [-0.15, -0.1) is 0 Å². The molecule has 0 bridgehead atoms. The monoisotopic (exact) mass is 494 g/mol. The lowest BCUT2D eigenvalue weighted by molar-refractivity contribution is -0.123. The van der Waals surface area contributed by atoms with Gasteiger partial charge in [-0.1, -0.05) is 6.92 Å². The third kappa shape index (κ3) is 5.25. The summed E-state index contributed by atoms with van der Waals surface area (Å²) in [6.45, 7) is 8.16. The Bertz CT molecular complexity index is 1050. The third-order valence-electron chi connectivity index (χ3n) is 7.65. The number of carbonyl (C=O) groups is 2. The van der Waals surface area contributed by atoms with Gasteiger partial charge in [-0.2, -0.15) is 0 Å². The maximum atomic E-state index is 13.2. The molecule has 8 heteroatoms. The van der Waals surface area contributed by atoms with Gasteiger partial charge < -0.3 is 9.64 Å². The van der Waals surface area contributed by atoms with Gasteiger partial charge in [-0.25, -0.2) is 9.29 Å². The van der Waals surface area contributed by atoms with Crippen LogP contribution in [0.25, 0.3) is 0 Å². The zero-order valence-electron chi connectivity index (χ0n) is 20.9. The number of hydrogen-bond acceptors (Lipinski definition) is 6. The molecule has 2 amide bonds. The zero-order chi connectivity index (χ0) is 25.1. The molecule has 0 aromatic heterocycles. The molecule has 7 nitrogen and oxygen atoms in total. The second kappa shape index (κ2) is 11.0. The fraction of sp³-hybridized carbons (Fsp3) is 0.500. The number of piperazine rings is 1. The molecule has 3 aliphatic heterocycles. The number of rotatable bonds is 7. The van der Waals surface area contributed by atoms with Gasteiger partial charge in [0.2, 0.25) is 5.91 Å². The van der Waals surface area contributed by atoms with E-state index >= 15 is 0 Å². The average Bonchev–Trinajstić information content (AvgIpc) is 3.22. The number of nitrogens with zero attached hydrogens (tertiary/aromatic N) is 4. The molecule has 3 heterocycles. The van der Waals surface area contributed by atoms with E-state index in [2.05, 4.69) is 21.6 Å². The lowest BCUT2D eigenvalue weighted by atomic mass is 10.00. The van der Waals surface area contributed by atoms with Gasteiger partial charge in [0.15, 0.2) is 0 Å². The Morgan fingerprint density at radius 3 is 2.11 bits per heavy atom. The molecule has 5 rings (SSSR count). The molecule has 1 atom stereocenters. The summed E-state index contributed by atoms with van der Waals surface area (Å²) >= 11 is 0. The summed E-state index contributed by atoms with van der Waals surface area (Å²) < 4.78 is 18.8. The standard InChI is InChI=1S/C28H35FN4O3/c1-2-19-36-25-9-7-24(8-10-25)33-27(34)20-26(28(33)35)32-13-11-23(12-14-32)31-17-15-30(16-18-31)22-5-3-21(29)4-6-22/h3-10,23,26H,2,11-20H2,1H3. The molecular formula is C28H35FN4O3. The molecule has 0 saturated carbocycles. The number of amides is 2. The minimum atomic E-state index is -0.371. The Labute approximate surface area is 212 Å². The molecule has 36 heavy (non-hydrogen) atoms. The van der Waals surface area contributed by atoms with Crippen LogP contribution >= 0.6 is 0 Å². The summed E-state index contributed by atoms with van der Waals surface area (Å²) in [7, 11) is 0. The second-order valence-corrected chi connectivity index (χ2v) is 9.90. The molecule has 2 aromatic carbocycles. The van der Waals surface area contributed by atoms with Crippen LogP contribution in [0.3, 0.4) is 0 Å². The molecule has 192 valence electrons. The van der Waals surface area contributed by atoms with Crippen molar-refractivity contribution in [3.63, 3.8) is 0 Å². The van der Waals surface area contributed by atoms with Crippen LogP contribution in [0.2, 0.25) is 0 Å². The van der Waals surface area contributed by atoms with E-state index in [1.807, 2.05) is 24.3 Å². The van der Waals surface area contributed by atoms with Gasteiger partial charge in [0.25, 0.3) is 5.91 Å². The van der Waals surface area contributed by atoms with Crippen molar-refractivity contribution >= 4 is 23.2 Å². The van der Waals surface area contributed by atoms with E-state index in [1.54, 1.807) is 12.1 Å². The van der Waals surface area contributed by atoms with Crippen LogP contribution in [-0.4, -0.2) is 79.6 Å². The summed E-state index contributed by atoms with van der Waals surface area (Å²) in [4.78, 5) is 34.4. The van der Waals surface area contributed by atoms with E-state index in [0.29, 0.717) is 18.3 Å². The van der Waals surface area contributed by atoms with Crippen molar-refractivity contribution in [1.82, 2.24) is 9.80 Å². The molecule has 2 aromatic rings. The molecular weight excluding hydrogens is 459 g/mol. The Morgan fingerprint density at radius 2 is 1.47 bits per heavy atom. The van der Waals surface area contributed by atoms with Gasteiger partial charge in [-0.05, 0) is 67.8 Å². The molecule has 0 spiro atoms. The highest BCUT2D eigenvalue weighted by molar-refractivity contribution is 6.22. The SMILES string of the molecule is CCCOc1ccc(N2C(=O)CC(N3CCC(N4CCN(c5ccc(F)cc5)CC4)CC3)C2=O)cc1. The Morgan fingerprint density at radius 1 is 0.833 bits per heavy atom. The van der Waals surface area contributed by atoms with E-state index in [1.165, 1.54) is 17.0 Å². The number of halogens is 1. The smallest absolute Gasteiger partial charge is 0.251 e. The fourth-order valence-corrected chi connectivity index (χ4v) is 5.64. The van der Waals surface area contributed by atoms with Gasteiger partial charge in [0.1, 0.15) is 11.6 Å². The van der Waals surface area contributed by atoms with Crippen molar-refractivity contribution in [2.45, 2.75) is 44.7 Å². The van der Waals surface area contributed by atoms with Crippen molar-refractivity contribution in [2.75, 3.05) is 55.7 Å². The minimum Gasteiger partial charge on any atom is -0.494 e. The Kier molecular flexibility index (Phi) is 7.53. The first-order valence-electron chi connectivity index (χ1n) is 13.1. The van der Waals surface area contributed by atoms with Crippen molar-refractivity contribution in [3.8, 4) is 5.75 Å². The van der Waals surface area contributed by atoms with E-state index in [4.69, 9.17) is 4.74 Å². The van der Waals surface area contributed by atoms with Gasteiger partial charge in [-0.3, -0.25) is 19.4 Å². The van der Waals surface area contributed by atoms with E-state index in [9.17, 15) is 14.0 Å². The number of imide groups is 1. The average molecular weight is 495 g/mol. The lowest BCUT2D eigenvalue weighted by Crippen LogP contribution is -2.55. The summed E-state index contributed by atoms with van der Waals surface area (Å²) in [5.41, 5.74) is 1.69. The Hall–Kier alpha value is -2.97. The molecule has 3 aliphatic rings. The van der Waals surface area contributed by atoms with Gasteiger partial charge in [0, 0.05) is 51.0 Å². The minimum absolute atomic E-state index is 0.117. The third-order valence-corrected chi connectivity index (χ3v) is 7.65. The topological polar surface area (TPSA) is 56.3 Å². The van der Waals surface area contributed by atoms with Gasteiger partial charge in [0.05, 0.1) is 24.8 Å². The number of likely N-dealkylation sites (tertiary alicyclic amines) is 1. The fourth-order valence-electron chi connectivity index (χ4n) is 5.64. The van der Waals surface area contributed by atoms with Crippen LogP contribution in [0, 0.1) is 5.82 Å². The highest BCUT2D eigenvalue weighted by atomic mass is 19.1. The summed E-state index contributed by atoms with van der Waals surface area (Å²) in [5.74, 6) is 0.293. The molecule has 0 N–H and O–H groups in total. The first-order chi connectivity index (χ1) is 17.5. The molecule has 1 unspecified atom stereocenters.